The highest BCUT2D eigenvalue weighted by Gasteiger charge is 2.53. The van der Waals surface area contributed by atoms with Crippen molar-refractivity contribution in [2.45, 2.75) is 51.5 Å². The second-order valence-corrected chi connectivity index (χ2v) is 6.66. The van der Waals surface area contributed by atoms with Gasteiger partial charge in [-0.05, 0) is 6.07 Å². The minimum Gasteiger partial charge on any atom is -0.460 e. The van der Waals surface area contributed by atoms with Crippen LogP contribution in [-0.4, -0.2) is 71.5 Å². The van der Waals surface area contributed by atoms with E-state index in [4.69, 9.17) is 23.7 Å². The highest BCUT2D eigenvalue weighted by Crippen LogP contribution is 2.32. The topological polar surface area (TPSA) is 178 Å². The van der Waals surface area contributed by atoms with Crippen molar-refractivity contribution in [3.63, 3.8) is 0 Å². The first-order valence-corrected chi connectivity index (χ1v) is 9.25. The molecule has 1 aromatic carbocycles. The molecule has 1 N–H and O–H groups in total. The summed E-state index contributed by atoms with van der Waals surface area (Å²) in [6.45, 7) is 2.50. The molecule has 1 saturated heterocycles. The lowest BCUT2D eigenvalue weighted by Gasteiger charge is -2.43. The number of nitrogens with zero attached hydrogens (tertiary/aromatic N) is 1. The fourth-order valence-electron chi connectivity index (χ4n) is 3.07. The molecule has 2 rings (SSSR count). The molecular formula is C19H21NO12. The molecule has 0 radical (unpaired) electrons. The van der Waals surface area contributed by atoms with Crippen LogP contribution in [-0.2, 0) is 33.3 Å². The van der Waals surface area contributed by atoms with Crippen LogP contribution in [0.3, 0.4) is 0 Å². The molecule has 5 atom stereocenters. The summed E-state index contributed by atoms with van der Waals surface area (Å²) >= 11 is 0. The third-order valence-electron chi connectivity index (χ3n) is 4.25. The molecule has 1 aromatic rings. The van der Waals surface area contributed by atoms with Crippen LogP contribution >= 0.6 is 0 Å². The van der Waals surface area contributed by atoms with Gasteiger partial charge in [0, 0.05) is 32.9 Å². The van der Waals surface area contributed by atoms with E-state index in [1.165, 1.54) is 0 Å². The first-order chi connectivity index (χ1) is 15.1. The zero-order valence-corrected chi connectivity index (χ0v) is 17.3. The van der Waals surface area contributed by atoms with E-state index in [1.54, 1.807) is 0 Å². The van der Waals surface area contributed by atoms with Crippen LogP contribution in [0, 0.1) is 10.1 Å². The number of esters is 3. The summed E-state index contributed by atoms with van der Waals surface area (Å²) in [4.78, 5) is 56.6. The van der Waals surface area contributed by atoms with Gasteiger partial charge in [-0.3, -0.25) is 29.3 Å². The summed E-state index contributed by atoms with van der Waals surface area (Å²) in [6, 6.07) is 3.16. The maximum atomic E-state index is 11.7. The van der Waals surface area contributed by atoms with Gasteiger partial charge in [-0.25, -0.2) is 0 Å². The Morgan fingerprint density at radius 3 is 2.12 bits per heavy atom. The van der Waals surface area contributed by atoms with Gasteiger partial charge in [0.15, 0.2) is 18.5 Å². The first kappa shape index (κ1) is 24.7. The molecule has 32 heavy (non-hydrogen) atoms. The van der Waals surface area contributed by atoms with Crippen LogP contribution < -0.4 is 4.74 Å². The Balaban J connectivity index is 2.48. The number of aliphatic hydroxyl groups is 1. The molecule has 1 fully saturated rings. The van der Waals surface area contributed by atoms with E-state index in [-0.39, 0.29) is 17.0 Å². The maximum Gasteiger partial charge on any atom is 0.303 e. The molecule has 13 nitrogen and oxygen atoms in total. The molecule has 174 valence electrons. The van der Waals surface area contributed by atoms with Crippen molar-refractivity contribution < 1.29 is 52.9 Å². The lowest BCUT2D eigenvalue weighted by molar-refractivity contribution is -0.384. The number of non-ortho nitro benzene ring substituents is 1. The molecule has 0 bridgehead atoms. The van der Waals surface area contributed by atoms with E-state index < -0.39 is 60.1 Å². The van der Waals surface area contributed by atoms with E-state index in [0.717, 1.165) is 39.0 Å². The highest BCUT2D eigenvalue weighted by molar-refractivity contribution is 5.80. The average molecular weight is 455 g/mol. The minimum atomic E-state index is -1.55. The SMILES string of the molecule is CC(=O)O[C@@H]1[C@@H](OC(C)=O)[C@H](Oc2ccc([N+](=O)[O-])cc2C=O)O[C@H](CO)[C@H]1OC(C)=O. The molecule has 1 aliphatic heterocycles. The van der Waals surface area contributed by atoms with E-state index >= 15 is 0 Å². The van der Waals surface area contributed by atoms with Crippen LogP contribution in [0.15, 0.2) is 18.2 Å². The van der Waals surface area contributed by atoms with Gasteiger partial charge >= 0.3 is 17.9 Å². The Kier molecular flexibility index (Phi) is 8.21. The number of aldehydes is 1. The Hall–Kier alpha value is -3.58. The molecule has 0 saturated carbocycles. The van der Waals surface area contributed by atoms with Crippen molar-refractivity contribution in [1.29, 1.82) is 0 Å². The summed E-state index contributed by atoms with van der Waals surface area (Å²) in [7, 11) is 0. The number of hydrogen-bond acceptors (Lipinski definition) is 12. The summed E-state index contributed by atoms with van der Waals surface area (Å²) in [5.74, 6) is -2.59. The van der Waals surface area contributed by atoms with Gasteiger partial charge in [0.1, 0.15) is 11.9 Å². The lowest BCUT2D eigenvalue weighted by atomic mass is 9.98. The number of rotatable bonds is 8. The lowest BCUT2D eigenvalue weighted by Crippen LogP contribution is -2.63. The summed E-state index contributed by atoms with van der Waals surface area (Å²) in [6.07, 6.45) is -6.79. The van der Waals surface area contributed by atoms with Gasteiger partial charge in [-0.2, -0.15) is 0 Å². The number of carbonyl (C=O) groups excluding carboxylic acids is 4. The van der Waals surface area contributed by atoms with E-state index in [2.05, 4.69) is 0 Å². The fourth-order valence-corrected chi connectivity index (χ4v) is 3.07. The largest absolute Gasteiger partial charge is 0.460 e. The normalized spacial score (nSPS) is 24.7. The third kappa shape index (κ3) is 5.98. The highest BCUT2D eigenvalue weighted by atomic mass is 16.7. The van der Waals surface area contributed by atoms with Gasteiger partial charge in [0.25, 0.3) is 5.69 Å². The molecule has 0 unspecified atom stereocenters. The van der Waals surface area contributed by atoms with Crippen molar-refractivity contribution in [3.8, 4) is 5.75 Å². The quantitative estimate of drug-likeness (QED) is 0.187. The first-order valence-electron chi connectivity index (χ1n) is 9.25. The van der Waals surface area contributed by atoms with E-state index in [1.807, 2.05) is 0 Å². The number of benzene rings is 1. The maximum absolute atomic E-state index is 11.7. The Labute approximate surface area is 181 Å². The molecule has 13 heteroatoms. The van der Waals surface area contributed by atoms with Crippen molar-refractivity contribution in [2.75, 3.05) is 6.61 Å². The Morgan fingerprint density at radius 2 is 1.62 bits per heavy atom. The molecule has 0 spiro atoms. The van der Waals surface area contributed by atoms with Crippen LogP contribution in [0.1, 0.15) is 31.1 Å². The van der Waals surface area contributed by atoms with Gasteiger partial charge in [0.2, 0.25) is 12.4 Å². The van der Waals surface area contributed by atoms with Crippen molar-refractivity contribution in [1.82, 2.24) is 0 Å². The van der Waals surface area contributed by atoms with E-state index in [9.17, 15) is 34.4 Å². The molecule has 0 amide bonds. The third-order valence-corrected chi connectivity index (χ3v) is 4.25. The number of ether oxygens (including phenoxy) is 5. The Morgan fingerprint density at radius 1 is 1.06 bits per heavy atom. The van der Waals surface area contributed by atoms with Crippen molar-refractivity contribution in [3.05, 3.63) is 33.9 Å². The smallest absolute Gasteiger partial charge is 0.303 e. The van der Waals surface area contributed by atoms with E-state index in [0.29, 0.717) is 6.29 Å². The fraction of sp³-hybridized carbons (Fsp3) is 0.474. The van der Waals surface area contributed by atoms with Gasteiger partial charge < -0.3 is 28.8 Å². The standard InChI is InChI=1S/C19H21NO12/c1-9(23)28-16-15(8-22)32-19(18(30-11(3)25)17(16)29-10(2)24)31-14-5-4-13(20(26)27)6-12(14)7-21/h4-7,15-19,22H,8H2,1-3H3/t15-,16-,17+,18-,19-/m1/s1. The van der Waals surface area contributed by atoms with Crippen LogP contribution in [0.5, 0.6) is 5.75 Å². The second kappa shape index (κ2) is 10.6. The van der Waals surface area contributed by atoms with Crippen LogP contribution in [0.25, 0.3) is 0 Å². The summed E-state index contributed by atoms with van der Waals surface area (Å²) in [5.41, 5.74) is -0.586. The van der Waals surface area contributed by atoms with Crippen LogP contribution in [0.2, 0.25) is 0 Å². The number of aliphatic hydroxyl groups excluding tert-OH is 1. The molecular weight excluding hydrogens is 434 g/mol. The minimum absolute atomic E-state index is 0.169. The van der Waals surface area contributed by atoms with Crippen molar-refractivity contribution in [2.24, 2.45) is 0 Å². The zero-order chi connectivity index (χ0) is 24.0. The molecule has 0 aromatic heterocycles. The average Bonchev–Trinajstić information content (AvgIpc) is 2.71. The number of hydrogen-bond donors (Lipinski definition) is 1. The number of nitro benzene ring substituents is 1. The Bertz CT molecular complexity index is 900. The molecule has 1 aliphatic rings. The molecule has 0 aliphatic carbocycles. The van der Waals surface area contributed by atoms with Gasteiger partial charge in [0.05, 0.1) is 17.1 Å². The summed E-state index contributed by atoms with van der Waals surface area (Å²) in [5, 5.41) is 20.7. The summed E-state index contributed by atoms with van der Waals surface area (Å²) < 4.78 is 26.7. The molecule has 1 heterocycles. The number of carbonyl (C=O) groups is 4. The van der Waals surface area contributed by atoms with Crippen LogP contribution in [0.4, 0.5) is 5.69 Å². The van der Waals surface area contributed by atoms with Gasteiger partial charge in [-0.1, -0.05) is 0 Å². The second-order valence-electron chi connectivity index (χ2n) is 6.66. The predicted octanol–water partition coefficient (Wildman–Crippen LogP) is 0.298. The zero-order valence-electron chi connectivity index (χ0n) is 17.3. The number of nitro groups is 1. The van der Waals surface area contributed by atoms with Crippen molar-refractivity contribution >= 4 is 29.9 Å². The van der Waals surface area contributed by atoms with Gasteiger partial charge in [-0.15, -0.1) is 0 Å². The monoisotopic (exact) mass is 455 g/mol. The predicted molar refractivity (Wildman–Crippen MR) is 102 cm³/mol.